The molecule has 0 bridgehead atoms. The van der Waals surface area contributed by atoms with Crippen LogP contribution in [0.25, 0.3) is 0 Å². The Labute approximate surface area is 245 Å². The highest BCUT2D eigenvalue weighted by Gasteiger charge is 2.41. The summed E-state index contributed by atoms with van der Waals surface area (Å²) in [5.74, 6) is 11.2. The van der Waals surface area contributed by atoms with Crippen molar-refractivity contribution in [2.75, 3.05) is 12.4 Å². The van der Waals surface area contributed by atoms with Crippen molar-refractivity contribution in [1.82, 2.24) is 10.3 Å². The van der Waals surface area contributed by atoms with Gasteiger partial charge in [-0.3, -0.25) is 9.00 Å². The second kappa shape index (κ2) is 17.5. The van der Waals surface area contributed by atoms with Crippen LogP contribution in [0.5, 0.6) is 0 Å². The Morgan fingerprint density at radius 3 is 2.13 bits per heavy atom. The van der Waals surface area contributed by atoms with Gasteiger partial charge < -0.3 is 20.9 Å². The molecule has 0 saturated carbocycles. The second-order valence-corrected chi connectivity index (χ2v) is 12.7. The van der Waals surface area contributed by atoms with E-state index >= 15 is 0 Å². The predicted molar refractivity (Wildman–Crippen MR) is 164 cm³/mol. The van der Waals surface area contributed by atoms with Crippen molar-refractivity contribution in [3.05, 3.63) is 70.2 Å². The number of ether oxygens (including phenoxy) is 1. The predicted octanol–water partition coefficient (Wildman–Crippen LogP) is 5.43. The van der Waals surface area contributed by atoms with E-state index in [4.69, 9.17) is 39.6 Å². The van der Waals surface area contributed by atoms with Gasteiger partial charge in [0.15, 0.2) is 0 Å². The van der Waals surface area contributed by atoms with Gasteiger partial charge in [0.25, 0.3) is 5.91 Å². The van der Waals surface area contributed by atoms with E-state index in [1.807, 2.05) is 88.9 Å². The zero-order chi connectivity index (χ0) is 29.6. The molecular formula is C28H43Cl2N5O3S. The van der Waals surface area contributed by atoms with Crippen molar-refractivity contribution in [1.29, 1.82) is 0 Å². The normalized spacial score (nSPS) is 19.2. The standard InChI is InChI=1S/C20H32ClN5O3S.C6H5Cl.C2H6/c1-5-15(12-30(28)20(2,3)4)26-16(13-6-8-14(21)9-7-13)11-29-17(19(26)27)10-18(24-22)25-23;7-6-4-2-1-3-5-6;1-2/h6-9,15-17H,5,10-12,22-23H2,1-4H3,(H,24,25);1-5H;1-2H3. The van der Waals surface area contributed by atoms with E-state index in [2.05, 4.69) is 10.5 Å². The Kier molecular flexibility index (Phi) is 15.6. The highest BCUT2D eigenvalue weighted by atomic mass is 35.5. The Bertz CT molecular complexity index is 1050. The molecule has 0 aromatic heterocycles. The summed E-state index contributed by atoms with van der Waals surface area (Å²) < 4.78 is 18.4. The van der Waals surface area contributed by atoms with Gasteiger partial charge in [-0.05, 0) is 57.0 Å². The number of nitrogens with one attached hydrogen (secondary N) is 1. The van der Waals surface area contributed by atoms with E-state index in [0.717, 1.165) is 10.6 Å². The van der Waals surface area contributed by atoms with Gasteiger partial charge in [-0.25, -0.2) is 5.84 Å². The first kappa shape index (κ1) is 34.9. The Hall–Kier alpha value is -2.17. The number of benzene rings is 2. The summed E-state index contributed by atoms with van der Waals surface area (Å²) in [5, 5.41) is 4.97. The molecule has 1 fully saturated rings. The number of carbonyl (C=O) groups is 1. The molecule has 1 amide bonds. The highest BCUT2D eigenvalue weighted by molar-refractivity contribution is 7.86. The number of morpholine rings is 1. The molecule has 4 unspecified atom stereocenters. The Morgan fingerprint density at radius 1 is 1.13 bits per heavy atom. The van der Waals surface area contributed by atoms with Gasteiger partial charge in [0.05, 0.1) is 12.6 Å². The molecule has 0 spiro atoms. The fourth-order valence-corrected chi connectivity index (χ4v) is 5.28. The number of hydrogen-bond donors (Lipinski definition) is 3. The maximum absolute atomic E-state index is 13.5. The first-order chi connectivity index (χ1) is 18.5. The minimum atomic E-state index is -1.12. The number of hydrogen-bond acceptors (Lipinski definition) is 6. The van der Waals surface area contributed by atoms with E-state index in [9.17, 15) is 9.00 Å². The number of hydrazine groups is 1. The minimum Gasteiger partial charge on any atom is -0.365 e. The number of nitrogens with zero attached hydrogens (tertiary/aromatic N) is 2. The molecular weight excluding hydrogens is 557 g/mol. The number of carbonyl (C=O) groups excluding carboxylic acids is 1. The van der Waals surface area contributed by atoms with Crippen LogP contribution in [0.2, 0.25) is 10.0 Å². The summed E-state index contributed by atoms with van der Waals surface area (Å²) in [6, 6.07) is 16.3. The lowest BCUT2D eigenvalue weighted by atomic mass is 9.99. The van der Waals surface area contributed by atoms with E-state index in [0.29, 0.717) is 23.8 Å². The molecule has 4 atom stereocenters. The zero-order valence-corrected chi connectivity index (χ0v) is 26.0. The summed E-state index contributed by atoms with van der Waals surface area (Å²) in [4.78, 5) is 15.3. The van der Waals surface area contributed by atoms with Gasteiger partial charge in [0, 0.05) is 43.8 Å². The van der Waals surface area contributed by atoms with Crippen molar-refractivity contribution in [3.63, 3.8) is 0 Å². The lowest BCUT2D eigenvalue weighted by molar-refractivity contribution is -0.162. The summed E-state index contributed by atoms with van der Waals surface area (Å²) >= 11 is 11.6. The largest absolute Gasteiger partial charge is 0.365 e. The van der Waals surface area contributed by atoms with Gasteiger partial charge >= 0.3 is 0 Å². The topological polar surface area (TPSA) is 123 Å². The van der Waals surface area contributed by atoms with Crippen LogP contribution in [-0.2, 0) is 20.3 Å². The van der Waals surface area contributed by atoms with E-state index in [-0.39, 0.29) is 35.0 Å². The van der Waals surface area contributed by atoms with E-state index in [1.54, 1.807) is 12.1 Å². The summed E-state index contributed by atoms with van der Waals surface area (Å²) in [5.41, 5.74) is 3.30. The molecule has 1 heterocycles. The molecule has 2 aromatic carbocycles. The van der Waals surface area contributed by atoms with Crippen LogP contribution in [0.4, 0.5) is 0 Å². The molecule has 39 heavy (non-hydrogen) atoms. The van der Waals surface area contributed by atoms with Crippen LogP contribution in [-0.4, -0.2) is 50.1 Å². The van der Waals surface area contributed by atoms with Gasteiger partial charge in [-0.1, -0.05) is 74.3 Å². The maximum atomic E-state index is 13.5. The van der Waals surface area contributed by atoms with Crippen LogP contribution in [0, 0.1) is 0 Å². The SMILES string of the molecule is CC.CCC(CS(=O)C(C)(C)C)N1C(=O)C(C/C(=N/N)NN)OCC1c1ccc(Cl)cc1.Clc1ccccc1. The first-order valence-electron chi connectivity index (χ1n) is 13.0. The molecule has 0 radical (unpaired) electrons. The number of nitrogens with two attached hydrogens (primary N) is 2. The number of halogens is 2. The average Bonchev–Trinajstić information content (AvgIpc) is 2.93. The first-order valence-corrected chi connectivity index (χ1v) is 15.1. The van der Waals surface area contributed by atoms with Crippen LogP contribution in [0.1, 0.15) is 66.0 Å². The summed E-state index contributed by atoms with van der Waals surface area (Å²) in [7, 11) is -1.12. The highest BCUT2D eigenvalue weighted by Crippen LogP contribution is 2.32. The number of amides is 1. The van der Waals surface area contributed by atoms with Gasteiger partial charge in [0.2, 0.25) is 0 Å². The monoisotopic (exact) mass is 599 g/mol. The number of hydrazone groups is 1. The molecule has 1 aliphatic rings. The number of rotatable bonds is 7. The van der Waals surface area contributed by atoms with Crippen LogP contribution >= 0.6 is 23.2 Å². The van der Waals surface area contributed by atoms with Crippen LogP contribution in [0.15, 0.2) is 59.7 Å². The maximum Gasteiger partial charge on any atom is 0.253 e. The van der Waals surface area contributed by atoms with Crippen LogP contribution < -0.4 is 17.1 Å². The molecule has 5 N–H and O–H groups in total. The van der Waals surface area contributed by atoms with Crippen molar-refractivity contribution < 1.29 is 13.7 Å². The fourth-order valence-electron chi connectivity index (χ4n) is 3.76. The third kappa shape index (κ3) is 11.1. The Balaban J connectivity index is 0.000000720. The molecule has 1 saturated heterocycles. The smallest absolute Gasteiger partial charge is 0.253 e. The van der Waals surface area contributed by atoms with Crippen molar-refractivity contribution in [3.8, 4) is 0 Å². The fraction of sp³-hybridized carbons (Fsp3) is 0.500. The summed E-state index contributed by atoms with van der Waals surface area (Å²) in [6.07, 6.45) is 0.0234. The van der Waals surface area contributed by atoms with Gasteiger partial charge in [0.1, 0.15) is 11.9 Å². The third-order valence-electron chi connectivity index (χ3n) is 5.90. The van der Waals surface area contributed by atoms with Gasteiger partial charge in [-0.2, -0.15) is 5.10 Å². The molecule has 2 aromatic rings. The van der Waals surface area contributed by atoms with Crippen molar-refractivity contribution in [2.45, 2.75) is 77.3 Å². The van der Waals surface area contributed by atoms with Crippen molar-refractivity contribution in [2.24, 2.45) is 16.8 Å². The quantitative estimate of drug-likeness (QED) is 0.169. The molecule has 218 valence electrons. The molecule has 0 aliphatic carbocycles. The Morgan fingerprint density at radius 2 is 1.69 bits per heavy atom. The summed E-state index contributed by atoms with van der Waals surface area (Å²) in [6.45, 7) is 12.1. The van der Waals surface area contributed by atoms with Crippen LogP contribution in [0.3, 0.4) is 0 Å². The minimum absolute atomic E-state index is 0.133. The average molecular weight is 601 g/mol. The lowest BCUT2D eigenvalue weighted by Crippen LogP contribution is -2.56. The lowest BCUT2D eigenvalue weighted by Gasteiger charge is -2.44. The van der Waals surface area contributed by atoms with E-state index < -0.39 is 16.9 Å². The molecule has 1 aliphatic heterocycles. The van der Waals surface area contributed by atoms with Crippen molar-refractivity contribution >= 4 is 45.7 Å². The van der Waals surface area contributed by atoms with E-state index in [1.165, 1.54) is 0 Å². The van der Waals surface area contributed by atoms with Gasteiger partial charge in [-0.15, -0.1) is 0 Å². The molecule has 8 nitrogen and oxygen atoms in total. The molecule has 3 rings (SSSR count). The number of amidine groups is 1. The zero-order valence-electron chi connectivity index (χ0n) is 23.7. The third-order valence-corrected chi connectivity index (χ3v) is 8.46. The molecule has 11 heteroatoms. The second-order valence-electron chi connectivity index (χ2n) is 9.54.